The fraction of sp³-hybridized carbons (Fsp3) is 0.100. The van der Waals surface area contributed by atoms with E-state index in [2.05, 4.69) is 6.58 Å². The van der Waals surface area contributed by atoms with E-state index in [0.29, 0.717) is 5.75 Å². The van der Waals surface area contributed by atoms with Crippen molar-refractivity contribution in [2.45, 2.75) is 0 Å². The number of aromatic hydroxyl groups is 1. The molecule has 1 rings (SSSR count). The molecule has 4 heteroatoms. The van der Waals surface area contributed by atoms with Gasteiger partial charge in [-0.1, -0.05) is 12.7 Å². The SMILES string of the molecule is C=CCOc1cc(O)cc(C(=O)O)c1. The molecular weight excluding hydrogens is 184 g/mol. The quantitative estimate of drug-likeness (QED) is 0.715. The molecule has 0 unspecified atom stereocenters. The topological polar surface area (TPSA) is 66.8 Å². The summed E-state index contributed by atoms with van der Waals surface area (Å²) >= 11 is 0. The van der Waals surface area contributed by atoms with Crippen molar-refractivity contribution in [3.63, 3.8) is 0 Å². The van der Waals surface area contributed by atoms with E-state index < -0.39 is 5.97 Å². The number of carboxylic acid groups (broad SMARTS) is 1. The maximum Gasteiger partial charge on any atom is 0.335 e. The predicted molar refractivity (Wildman–Crippen MR) is 50.8 cm³/mol. The first-order chi connectivity index (χ1) is 6.63. The van der Waals surface area contributed by atoms with Crippen LogP contribution in [-0.2, 0) is 0 Å². The van der Waals surface area contributed by atoms with Crippen LogP contribution in [0.1, 0.15) is 10.4 Å². The molecule has 0 spiro atoms. The van der Waals surface area contributed by atoms with Gasteiger partial charge in [0.2, 0.25) is 0 Å². The van der Waals surface area contributed by atoms with Crippen molar-refractivity contribution in [1.29, 1.82) is 0 Å². The number of benzene rings is 1. The summed E-state index contributed by atoms with van der Waals surface area (Å²) in [6.07, 6.45) is 1.53. The van der Waals surface area contributed by atoms with Gasteiger partial charge in [0.05, 0.1) is 5.56 Å². The van der Waals surface area contributed by atoms with E-state index in [1.165, 1.54) is 18.2 Å². The summed E-state index contributed by atoms with van der Waals surface area (Å²) in [5.74, 6) is -0.935. The Kier molecular flexibility index (Phi) is 3.12. The van der Waals surface area contributed by atoms with Gasteiger partial charge in [0.1, 0.15) is 18.1 Å². The number of rotatable bonds is 4. The number of carboxylic acids is 1. The van der Waals surface area contributed by atoms with Crippen molar-refractivity contribution in [1.82, 2.24) is 0 Å². The Bertz CT molecular complexity index is 357. The molecule has 0 aliphatic heterocycles. The molecule has 0 atom stereocenters. The number of phenolic OH excluding ortho intramolecular Hbond substituents is 1. The fourth-order valence-corrected chi connectivity index (χ4v) is 0.945. The molecule has 0 saturated heterocycles. The van der Waals surface area contributed by atoms with Gasteiger partial charge in [0, 0.05) is 6.07 Å². The molecule has 14 heavy (non-hydrogen) atoms. The van der Waals surface area contributed by atoms with Crippen LogP contribution in [0.2, 0.25) is 0 Å². The predicted octanol–water partition coefficient (Wildman–Crippen LogP) is 1.66. The van der Waals surface area contributed by atoms with Gasteiger partial charge in [-0.15, -0.1) is 0 Å². The highest BCUT2D eigenvalue weighted by atomic mass is 16.5. The van der Waals surface area contributed by atoms with Crippen molar-refractivity contribution in [2.24, 2.45) is 0 Å². The Balaban J connectivity index is 2.94. The highest BCUT2D eigenvalue weighted by Crippen LogP contribution is 2.21. The van der Waals surface area contributed by atoms with Crippen LogP contribution in [0, 0.1) is 0 Å². The first-order valence-corrected chi connectivity index (χ1v) is 3.94. The van der Waals surface area contributed by atoms with E-state index in [1.807, 2.05) is 0 Å². The summed E-state index contributed by atoms with van der Waals surface area (Å²) in [7, 11) is 0. The molecule has 1 aromatic carbocycles. The summed E-state index contributed by atoms with van der Waals surface area (Å²) in [6, 6.07) is 3.84. The smallest absolute Gasteiger partial charge is 0.335 e. The van der Waals surface area contributed by atoms with Gasteiger partial charge in [0.25, 0.3) is 0 Å². The second kappa shape index (κ2) is 4.32. The molecule has 0 fully saturated rings. The first kappa shape index (κ1) is 10.1. The molecule has 1 aromatic rings. The second-order valence-corrected chi connectivity index (χ2v) is 2.62. The summed E-state index contributed by atoms with van der Waals surface area (Å²) in [5.41, 5.74) is -0.0101. The third kappa shape index (κ3) is 2.52. The van der Waals surface area contributed by atoms with Crippen molar-refractivity contribution < 1.29 is 19.7 Å². The van der Waals surface area contributed by atoms with Crippen LogP contribution in [0.3, 0.4) is 0 Å². The number of phenols is 1. The lowest BCUT2D eigenvalue weighted by atomic mass is 10.2. The van der Waals surface area contributed by atoms with Crippen molar-refractivity contribution in [3.8, 4) is 11.5 Å². The second-order valence-electron chi connectivity index (χ2n) is 2.62. The molecule has 4 nitrogen and oxygen atoms in total. The zero-order valence-corrected chi connectivity index (χ0v) is 7.43. The molecule has 2 N–H and O–H groups in total. The molecule has 0 heterocycles. The van der Waals surface area contributed by atoms with Crippen LogP contribution in [0.4, 0.5) is 0 Å². The zero-order chi connectivity index (χ0) is 10.6. The number of hydrogen-bond acceptors (Lipinski definition) is 3. The molecule has 0 saturated carbocycles. The van der Waals surface area contributed by atoms with Crippen LogP contribution in [0.15, 0.2) is 30.9 Å². The molecule has 0 bridgehead atoms. The highest BCUT2D eigenvalue weighted by Gasteiger charge is 2.06. The largest absolute Gasteiger partial charge is 0.508 e. The lowest BCUT2D eigenvalue weighted by Gasteiger charge is -2.04. The van der Waals surface area contributed by atoms with Gasteiger partial charge in [-0.3, -0.25) is 0 Å². The fourth-order valence-electron chi connectivity index (χ4n) is 0.945. The Morgan fingerprint density at radius 3 is 2.79 bits per heavy atom. The molecule has 0 aliphatic carbocycles. The van der Waals surface area contributed by atoms with Crippen molar-refractivity contribution in [3.05, 3.63) is 36.4 Å². The Hall–Kier alpha value is -1.97. The average molecular weight is 194 g/mol. The Morgan fingerprint density at radius 1 is 1.50 bits per heavy atom. The Morgan fingerprint density at radius 2 is 2.21 bits per heavy atom. The van der Waals surface area contributed by atoms with E-state index >= 15 is 0 Å². The maximum atomic E-state index is 10.6. The molecular formula is C10H10O4. The highest BCUT2D eigenvalue weighted by molar-refractivity contribution is 5.88. The van der Waals surface area contributed by atoms with E-state index in [-0.39, 0.29) is 17.9 Å². The van der Waals surface area contributed by atoms with Crippen LogP contribution < -0.4 is 4.74 Å². The average Bonchev–Trinajstić information content (AvgIpc) is 2.14. The normalized spacial score (nSPS) is 9.43. The van der Waals surface area contributed by atoms with Crippen molar-refractivity contribution in [2.75, 3.05) is 6.61 Å². The lowest BCUT2D eigenvalue weighted by molar-refractivity contribution is 0.0696. The number of aromatic carboxylic acids is 1. The summed E-state index contributed by atoms with van der Waals surface area (Å²) in [4.78, 5) is 10.6. The monoisotopic (exact) mass is 194 g/mol. The van der Waals surface area contributed by atoms with Gasteiger partial charge in [0.15, 0.2) is 0 Å². The summed E-state index contributed by atoms with van der Waals surface area (Å²) in [6.45, 7) is 3.72. The maximum absolute atomic E-state index is 10.6. The van der Waals surface area contributed by atoms with Gasteiger partial charge in [-0.25, -0.2) is 4.79 Å². The van der Waals surface area contributed by atoms with E-state index in [1.54, 1.807) is 0 Å². The third-order valence-corrected chi connectivity index (χ3v) is 1.51. The standard InChI is InChI=1S/C10H10O4/c1-2-3-14-9-5-7(10(12)13)4-8(11)6-9/h2,4-6,11H,1,3H2,(H,12,13). The van der Waals surface area contributed by atoms with Gasteiger partial charge in [-0.2, -0.15) is 0 Å². The molecule has 0 aromatic heterocycles. The Labute approximate surface area is 81.1 Å². The lowest BCUT2D eigenvalue weighted by Crippen LogP contribution is -1.98. The number of hydrogen-bond donors (Lipinski definition) is 2. The van der Waals surface area contributed by atoms with Crippen LogP contribution in [-0.4, -0.2) is 22.8 Å². The van der Waals surface area contributed by atoms with Gasteiger partial charge < -0.3 is 14.9 Å². The van der Waals surface area contributed by atoms with Crippen LogP contribution in [0.25, 0.3) is 0 Å². The van der Waals surface area contributed by atoms with Crippen molar-refractivity contribution >= 4 is 5.97 Å². The van der Waals surface area contributed by atoms with Crippen LogP contribution in [0.5, 0.6) is 11.5 Å². The minimum atomic E-state index is -1.11. The molecule has 0 aliphatic rings. The van der Waals surface area contributed by atoms with E-state index in [9.17, 15) is 9.90 Å². The molecule has 0 radical (unpaired) electrons. The summed E-state index contributed by atoms with van der Waals surface area (Å²) < 4.78 is 5.09. The third-order valence-electron chi connectivity index (χ3n) is 1.51. The minimum absolute atomic E-state index is 0.0101. The van der Waals surface area contributed by atoms with Gasteiger partial charge in [-0.05, 0) is 12.1 Å². The first-order valence-electron chi connectivity index (χ1n) is 3.94. The molecule has 74 valence electrons. The number of carbonyl (C=O) groups is 1. The minimum Gasteiger partial charge on any atom is -0.508 e. The zero-order valence-electron chi connectivity index (χ0n) is 7.43. The van der Waals surface area contributed by atoms with Gasteiger partial charge >= 0.3 is 5.97 Å². The van der Waals surface area contributed by atoms with E-state index in [0.717, 1.165) is 6.07 Å². The summed E-state index contributed by atoms with van der Waals surface area (Å²) in [5, 5.41) is 17.8. The van der Waals surface area contributed by atoms with E-state index in [4.69, 9.17) is 9.84 Å². The molecule has 0 amide bonds. The number of ether oxygens (including phenoxy) is 1. The van der Waals surface area contributed by atoms with Crippen LogP contribution >= 0.6 is 0 Å².